The molecule has 0 bridgehead atoms. The third-order valence-corrected chi connectivity index (χ3v) is 3.32. The summed E-state index contributed by atoms with van der Waals surface area (Å²) in [6.45, 7) is 7.70. The second kappa shape index (κ2) is 4.82. The summed E-state index contributed by atoms with van der Waals surface area (Å²) in [4.78, 5) is 2.48. The van der Waals surface area contributed by atoms with Crippen LogP contribution in [-0.2, 0) is 6.42 Å². The van der Waals surface area contributed by atoms with Gasteiger partial charge in [0.2, 0.25) is 0 Å². The van der Waals surface area contributed by atoms with Crippen LogP contribution >= 0.6 is 11.3 Å². The summed E-state index contributed by atoms with van der Waals surface area (Å²) in [6.07, 6.45) is 1.05. The SMILES string of the molecule is Cc1nnc(CCN2CCNCC2)s1. The molecule has 1 fully saturated rings. The lowest BCUT2D eigenvalue weighted by Gasteiger charge is -2.26. The summed E-state index contributed by atoms with van der Waals surface area (Å²) in [5.41, 5.74) is 0. The van der Waals surface area contributed by atoms with Gasteiger partial charge in [-0.25, -0.2) is 0 Å². The van der Waals surface area contributed by atoms with Crippen molar-refractivity contribution in [2.24, 2.45) is 0 Å². The van der Waals surface area contributed by atoms with Gasteiger partial charge in [0.15, 0.2) is 0 Å². The van der Waals surface area contributed by atoms with E-state index in [2.05, 4.69) is 20.4 Å². The fourth-order valence-electron chi connectivity index (χ4n) is 1.63. The van der Waals surface area contributed by atoms with Crippen molar-refractivity contribution in [2.75, 3.05) is 32.7 Å². The first-order valence-corrected chi connectivity index (χ1v) is 5.88. The number of nitrogens with zero attached hydrogens (tertiary/aromatic N) is 3. The summed E-state index contributed by atoms with van der Waals surface area (Å²) < 4.78 is 0. The molecule has 78 valence electrons. The molecule has 1 aromatic heterocycles. The van der Waals surface area contributed by atoms with Gasteiger partial charge in [0, 0.05) is 39.1 Å². The molecule has 0 aliphatic carbocycles. The summed E-state index contributed by atoms with van der Waals surface area (Å²) in [5.74, 6) is 0. The zero-order chi connectivity index (χ0) is 9.80. The van der Waals surface area contributed by atoms with Crippen molar-refractivity contribution >= 4 is 11.3 Å². The van der Waals surface area contributed by atoms with Gasteiger partial charge in [-0.1, -0.05) is 0 Å². The third kappa shape index (κ3) is 2.73. The van der Waals surface area contributed by atoms with Crippen molar-refractivity contribution in [3.63, 3.8) is 0 Å². The van der Waals surface area contributed by atoms with Gasteiger partial charge in [-0.05, 0) is 6.92 Å². The molecule has 1 aromatic rings. The van der Waals surface area contributed by atoms with Crippen LogP contribution in [0.2, 0.25) is 0 Å². The van der Waals surface area contributed by atoms with E-state index in [1.807, 2.05) is 6.92 Å². The Morgan fingerprint density at radius 1 is 1.36 bits per heavy atom. The Kier molecular flexibility index (Phi) is 3.44. The Bertz CT molecular complexity index is 280. The van der Waals surface area contributed by atoms with E-state index in [4.69, 9.17) is 0 Å². The molecule has 0 aromatic carbocycles. The predicted molar refractivity (Wildman–Crippen MR) is 57.7 cm³/mol. The molecule has 0 radical (unpaired) electrons. The highest BCUT2D eigenvalue weighted by molar-refractivity contribution is 7.11. The molecule has 0 spiro atoms. The van der Waals surface area contributed by atoms with Gasteiger partial charge >= 0.3 is 0 Å². The second-order valence-corrected chi connectivity index (χ2v) is 4.82. The van der Waals surface area contributed by atoms with Crippen LogP contribution < -0.4 is 5.32 Å². The van der Waals surface area contributed by atoms with E-state index in [1.165, 1.54) is 5.01 Å². The molecule has 14 heavy (non-hydrogen) atoms. The molecule has 2 heterocycles. The lowest BCUT2D eigenvalue weighted by molar-refractivity contribution is 0.243. The van der Waals surface area contributed by atoms with Crippen LogP contribution in [0.3, 0.4) is 0 Å². The molecule has 1 aliphatic rings. The fraction of sp³-hybridized carbons (Fsp3) is 0.778. The molecule has 5 heteroatoms. The Morgan fingerprint density at radius 3 is 2.79 bits per heavy atom. The molecule has 0 amide bonds. The van der Waals surface area contributed by atoms with Crippen molar-refractivity contribution in [3.8, 4) is 0 Å². The maximum Gasteiger partial charge on any atom is 0.118 e. The summed E-state index contributed by atoms with van der Waals surface area (Å²) in [7, 11) is 0. The molecule has 1 N–H and O–H groups in total. The quantitative estimate of drug-likeness (QED) is 0.782. The number of nitrogens with one attached hydrogen (secondary N) is 1. The normalized spacial score (nSPS) is 18.6. The first kappa shape index (κ1) is 10.0. The monoisotopic (exact) mass is 212 g/mol. The van der Waals surface area contributed by atoms with Crippen LogP contribution in [-0.4, -0.2) is 47.8 Å². The van der Waals surface area contributed by atoms with E-state index in [9.17, 15) is 0 Å². The lowest BCUT2D eigenvalue weighted by Crippen LogP contribution is -2.44. The Labute approximate surface area is 88.3 Å². The zero-order valence-electron chi connectivity index (χ0n) is 8.49. The predicted octanol–water partition coefficient (Wildman–Crippen LogP) is 0.294. The molecular formula is C9H16N4S. The van der Waals surface area contributed by atoms with Gasteiger partial charge in [-0.15, -0.1) is 21.5 Å². The first-order valence-electron chi connectivity index (χ1n) is 5.06. The van der Waals surface area contributed by atoms with Crippen molar-refractivity contribution in [2.45, 2.75) is 13.3 Å². The van der Waals surface area contributed by atoms with Crippen LogP contribution in [0, 0.1) is 6.92 Å². The smallest absolute Gasteiger partial charge is 0.118 e. The van der Waals surface area contributed by atoms with Gasteiger partial charge < -0.3 is 10.2 Å². The molecule has 2 rings (SSSR count). The number of aromatic nitrogens is 2. The van der Waals surface area contributed by atoms with Crippen molar-refractivity contribution in [3.05, 3.63) is 10.0 Å². The average Bonchev–Trinajstić information content (AvgIpc) is 2.63. The summed E-state index contributed by atoms with van der Waals surface area (Å²) >= 11 is 1.71. The van der Waals surface area contributed by atoms with Crippen molar-refractivity contribution in [1.82, 2.24) is 20.4 Å². The highest BCUT2D eigenvalue weighted by atomic mass is 32.1. The van der Waals surface area contributed by atoms with Crippen LogP contribution in [0.15, 0.2) is 0 Å². The number of aryl methyl sites for hydroxylation is 1. The van der Waals surface area contributed by atoms with Crippen LogP contribution in [0.1, 0.15) is 10.0 Å². The highest BCUT2D eigenvalue weighted by Gasteiger charge is 2.10. The van der Waals surface area contributed by atoms with E-state index in [0.29, 0.717) is 0 Å². The van der Waals surface area contributed by atoms with Gasteiger partial charge in [-0.3, -0.25) is 0 Å². The van der Waals surface area contributed by atoms with Crippen LogP contribution in [0.4, 0.5) is 0 Å². The molecule has 0 atom stereocenters. The number of piperazine rings is 1. The van der Waals surface area contributed by atoms with Crippen molar-refractivity contribution in [1.29, 1.82) is 0 Å². The molecule has 0 saturated carbocycles. The minimum absolute atomic E-state index is 1.05. The molecular weight excluding hydrogens is 196 g/mol. The van der Waals surface area contributed by atoms with Crippen molar-refractivity contribution < 1.29 is 0 Å². The topological polar surface area (TPSA) is 41.1 Å². The Hall–Kier alpha value is -0.520. The van der Waals surface area contributed by atoms with Crippen LogP contribution in [0.25, 0.3) is 0 Å². The molecule has 1 saturated heterocycles. The molecule has 1 aliphatic heterocycles. The van der Waals surface area contributed by atoms with Gasteiger partial charge in [0.05, 0.1) is 0 Å². The fourth-order valence-corrected chi connectivity index (χ4v) is 2.32. The number of rotatable bonds is 3. The lowest BCUT2D eigenvalue weighted by atomic mass is 10.3. The second-order valence-electron chi connectivity index (χ2n) is 3.56. The van der Waals surface area contributed by atoms with E-state index in [0.717, 1.165) is 44.2 Å². The summed E-state index contributed by atoms with van der Waals surface area (Å²) in [5, 5.41) is 13.7. The van der Waals surface area contributed by atoms with Gasteiger partial charge in [0.1, 0.15) is 10.0 Å². The van der Waals surface area contributed by atoms with E-state index in [1.54, 1.807) is 11.3 Å². The highest BCUT2D eigenvalue weighted by Crippen LogP contribution is 2.09. The average molecular weight is 212 g/mol. The summed E-state index contributed by atoms with van der Waals surface area (Å²) in [6, 6.07) is 0. The van der Waals surface area contributed by atoms with E-state index >= 15 is 0 Å². The van der Waals surface area contributed by atoms with Crippen LogP contribution in [0.5, 0.6) is 0 Å². The number of hydrogen-bond donors (Lipinski definition) is 1. The molecule has 0 unspecified atom stereocenters. The van der Waals surface area contributed by atoms with Gasteiger partial charge in [-0.2, -0.15) is 0 Å². The standard InChI is InChI=1S/C9H16N4S/c1-8-11-12-9(14-8)2-5-13-6-3-10-4-7-13/h10H,2-7H2,1H3. The largest absolute Gasteiger partial charge is 0.314 e. The third-order valence-electron chi connectivity index (χ3n) is 2.42. The minimum Gasteiger partial charge on any atom is -0.314 e. The van der Waals surface area contributed by atoms with E-state index in [-0.39, 0.29) is 0 Å². The zero-order valence-corrected chi connectivity index (χ0v) is 9.31. The first-order chi connectivity index (χ1) is 6.84. The number of hydrogen-bond acceptors (Lipinski definition) is 5. The van der Waals surface area contributed by atoms with Gasteiger partial charge in [0.25, 0.3) is 0 Å². The minimum atomic E-state index is 1.05. The molecule has 4 nitrogen and oxygen atoms in total. The van der Waals surface area contributed by atoms with E-state index < -0.39 is 0 Å². The Morgan fingerprint density at radius 2 is 2.14 bits per heavy atom. The maximum atomic E-state index is 4.13. The maximum absolute atomic E-state index is 4.13. The Balaban J connectivity index is 1.76.